The van der Waals surface area contributed by atoms with Gasteiger partial charge in [0.25, 0.3) is 0 Å². The van der Waals surface area contributed by atoms with Crippen LogP contribution in [0.15, 0.2) is 18.2 Å². The van der Waals surface area contributed by atoms with Crippen molar-refractivity contribution in [2.45, 2.75) is 12.4 Å². The third kappa shape index (κ3) is 3.17. The zero-order chi connectivity index (χ0) is 14.0. The highest BCUT2D eigenvalue weighted by molar-refractivity contribution is 5.50. The van der Waals surface area contributed by atoms with E-state index in [-0.39, 0.29) is 6.54 Å². The molecular formula is C11H7F6N. The molecule has 0 atom stereocenters. The topological polar surface area (TPSA) is 26.0 Å². The van der Waals surface area contributed by atoms with E-state index in [4.69, 9.17) is 5.73 Å². The molecule has 0 aromatic heterocycles. The second-order valence-electron chi connectivity index (χ2n) is 3.23. The first-order valence-electron chi connectivity index (χ1n) is 4.64. The van der Waals surface area contributed by atoms with Gasteiger partial charge in [-0.05, 0) is 12.1 Å². The van der Waals surface area contributed by atoms with Gasteiger partial charge in [-0.3, -0.25) is 0 Å². The van der Waals surface area contributed by atoms with E-state index in [1.807, 2.05) is 11.8 Å². The highest BCUT2D eigenvalue weighted by Gasteiger charge is 2.40. The summed E-state index contributed by atoms with van der Waals surface area (Å²) in [5, 5.41) is 0. The standard InChI is InChI=1S/C11H7F6N/c12-10(13,14)8-4-1-5-9(11(15,16)17)7(8)3-2-6-18/h1,4-5H,6,18H2. The monoisotopic (exact) mass is 267 g/mol. The Bertz CT molecular complexity index is 457. The van der Waals surface area contributed by atoms with Gasteiger partial charge in [0.15, 0.2) is 0 Å². The first-order valence-corrected chi connectivity index (χ1v) is 4.64. The first-order chi connectivity index (χ1) is 8.18. The summed E-state index contributed by atoms with van der Waals surface area (Å²) in [4.78, 5) is 0. The maximum Gasteiger partial charge on any atom is 0.417 e. The average molecular weight is 267 g/mol. The summed E-state index contributed by atoms with van der Waals surface area (Å²) in [6.45, 7) is -0.330. The van der Waals surface area contributed by atoms with Crippen LogP contribution in [0.1, 0.15) is 16.7 Å². The summed E-state index contributed by atoms with van der Waals surface area (Å²) >= 11 is 0. The molecule has 0 saturated carbocycles. The van der Waals surface area contributed by atoms with Crippen molar-refractivity contribution in [3.8, 4) is 11.8 Å². The lowest BCUT2D eigenvalue weighted by molar-refractivity contribution is -0.143. The van der Waals surface area contributed by atoms with Crippen molar-refractivity contribution >= 4 is 0 Å². The van der Waals surface area contributed by atoms with Gasteiger partial charge in [0.05, 0.1) is 17.7 Å². The largest absolute Gasteiger partial charge is 0.417 e. The lowest BCUT2D eigenvalue weighted by Gasteiger charge is -2.14. The first kappa shape index (κ1) is 14.4. The lowest BCUT2D eigenvalue weighted by Crippen LogP contribution is -2.15. The van der Waals surface area contributed by atoms with Crippen molar-refractivity contribution in [3.05, 3.63) is 34.9 Å². The highest BCUT2D eigenvalue weighted by Crippen LogP contribution is 2.38. The maximum atomic E-state index is 12.6. The van der Waals surface area contributed by atoms with Crippen molar-refractivity contribution in [2.24, 2.45) is 5.73 Å². The number of nitrogens with two attached hydrogens (primary N) is 1. The van der Waals surface area contributed by atoms with E-state index in [1.165, 1.54) is 0 Å². The van der Waals surface area contributed by atoms with Gasteiger partial charge in [0.2, 0.25) is 0 Å². The summed E-state index contributed by atoms with van der Waals surface area (Å²) in [6, 6.07) is 1.80. The van der Waals surface area contributed by atoms with Crippen molar-refractivity contribution in [1.29, 1.82) is 0 Å². The quantitative estimate of drug-likeness (QED) is 0.567. The molecule has 1 aromatic carbocycles. The number of benzene rings is 1. The van der Waals surface area contributed by atoms with Crippen LogP contribution in [-0.2, 0) is 12.4 Å². The molecule has 1 rings (SSSR count). The van der Waals surface area contributed by atoms with E-state index in [9.17, 15) is 26.3 Å². The van der Waals surface area contributed by atoms with Gasteiger partial charge < -0.3 is 5.73 Å². The molecule has 0 aliphatic carbocycles. The van der Waals surface area contributed by atoms with E-state index in [2.05, 4.69) is 0 Å². The summed E-state index contributed by atoms with van der Waals surface area (Å²) in [5.41, 5.74) is 1.03. The second-order valence-corrected chi connectivity index (χ2v) is 3.23. The van der Waals surface area contributed by atoms with Crippen LogP contribution < -0.4 is 5.73 Å². The molecule has 0 aliphatic heterocycles. The number of rotatable bonds is 0. The molecule has 7 heteroatoms. The Balaban J connectivity index is 3.56. The summed E-state index contributed by atoms with van der Waals surface area (Å²) in [5.74, 6) is 3.85. The molecule has 0 unspecified atom stereocenters. The van der Waals surface area contributed by atoms with Gasteiger partial charge in [-0.2, -0.15) is 26.3 Å². The summed E-state index contributed by atoms with van der Waals surface area (Å²) in [6.07, 6.45) is -9.81. The zero-order valence-corrected chi connectivity index (χ0v) is 8.78. The minimum absolute atomic E-state index is 0.330. The predicted octanol–water partition coefficient (Wildman–Crippen LogP) is 3.03. The van der Waals surface area contributed by atoms with Crippen LogP contribution in [-0.4, -0.2) is 6.54 Å². The van der Waals surface area contributed by atoms with E-state index in [1.54, 1.807) is 0 Å². The fraction of sp³-hybridized carbons (Fsp3) is 0.273. The minimum atomic E-state index is -4.90. The third-order valence-corrected chi connectivity index (χ3v) is 1.99. The Labute approximate surface area is 98.6 Å². The van der Waals surface area contributed by atoms with Crippen molar-refractivity contribution in [1.82, 2.24) is 0 Å². The molecular weight excluding hydrogens is 260 g/mol. The molecule has 0 spiro atoms. The normalized spacial score (nSPS) is 11.9. The fourth-order valence-electron chi connectivity index (χ4n) is 1.30. The second kappa shape index (κ2) is 4.90. The van der Waals surface area contributed by atoms with E-state index in [0.717, 1.165) is 0 Å². The molecule has 0 saturated heterocycles. The molecule has 2 N–H and O–H groups in total. The van der Waals surface area contributed by atoms with Crippen LogP contribution in [0.25, 0.3) is 0 Å². The molecule has 1 nitrogen and oxygen atoms in total. The van der Waals surface area contributed by atoms with E-state index in [0.29, 0.717) is 18.2 Å². The van der Waals surface area contributed by atoms with Gasteiger partial charge in [0, 0.05) is 5.56 Å². The molecule has 0 amide bonds. The number of halogens is 6. The van der Waals surface area contributed by atoms with Crippen molar-refractivity contribution in [3.63, 3.8) is 0 Å². The number of hydrogen-bond donors (Lipinski definition) is 1. The van der Waals surface area contributed by atoms with Crippen LogP contribution >= 0.6 is 0 Å². The molecule has 0 fully saturated rings. The third-order valence-electron chi connectivity index (χ3n) is 1.99. The molecule has 0 bridgehead atoms. The smallest absolute Gasteiger partial charge is 0.320 e. The van der Waals surface area contributed by atoms with Crippen LogP contribution in [0.4, 0.5) is 26.3 Å². The van der Waals surface area contributed by atoms with Gasteiger partial charge in [-0.1, -0.05) is 17.9 Å². The van der Waals surface area contributed by atoms with Crippen molar-refractivity contribution < 1.29 is 26.3 Å². The van der Waals surface area contributed by atoms with Crippen LogP contribution in [0, 0.1) is 11.8 Å². The predicted molar refractivity (Wildman–Crippen MR) is 52.4 cm³/mol. The van der Waals surface area contributed by atoms with E-state index < -0.39 is 29.0 Å². The zero-order valence-electron chi connectivity index (χ0n) is 8.78. The van der Waals surface area contributed by atoms with Gasteiger partial charge in [-0.25, -0.2) is 0 Å². The number of alkyl halides is 6. The fourth-order valence-corrected chi connectivity index (χ4v) is 1.30. The Morgan fingerprint density at radius 2 is 1.39 bits per heavy atom. The minimum Gasteiger partial charge on any atom is -0.320 e. The SMILES string of the molecule is NCC#Cc1c(C(F)(F)F)cccc1C(F)(F)F. The van der Waals surface area contributed by atoms with Crippen LogP contribution in [0.3, 0.4) is 0 Å². The summed E-state index contributed by atoms with van der Waals surface area (Å²) < 4.78 is 75.5. The number of hydrogen-bond acceptors (Lipinski definition) is 1. The van der Waals surface area contributed by atoms with Crippen molar-refractivity contribution in [2.75, 3.05) is 6.54 Å². The Hall–Kier alpha value is -1.68. The lowest BCUT2D eigenvalue weighted by atomic mass is 10.0. The van der Waals surface area contributed by atoms with Crippen LogP contribution in [0.5, 0.6) is 0 Å². The molecule has 18 heavy (non-hydrogen) atoms. The maximum absolute atomic E-state index is 12.6. The van der Waals surface area contributed by atoms with Gasteiger partial charge in [-0.15, -0.1) is 0 Å². The molecule has 0 radical (unpaired) electrons. The average Bonchev–Trinajstić information content (AvgIpc) is 2.23. The highest BCUT2D eigenvalue weighted by atomic mass is 19.4. The Morgan fingerprint density at radius 1 is 0.944 bits per heavy atom. The van der Waals surface area contributed by atoms with Crippen LogP contribution in [0.2, 0.25) is 0 Å². The van der Waals surface area contributed by atoms with E-state index >= 15 is 0 Å². The Kier molecular flexibility index (Phi) is 3.92. The van der Waals surface area contributed by atoms with Gasteiger partial charge >= 0.3 is 12.4 Å². The molecule has 0 aliphatic rings. The Morgan fingerprint density at radius 3 is 1.72 bits per heavy atom. The molecule has 1 aromatic rings. The summed E-state index contributed by atoms with van der Waals surface area (Å²) in [7, 11) is 0. The molecule has 0 heterocycles. The van der Waals surface area contributed by atoms with Gasteiger partial charge in [0.1, 0.15) is 0 Å². The molecule has 98 valence electrons.